The van der Waals surface area contributed by atoms with Crippen molar-refractivity contribution in [2.24, 2.45) is 0 Å². The lowest BCUT2D eigenvalue weighted by Crippen LogP contribution is -2.53. The molecule has 0 aliphatic carbocycles. The predicted octanol–water partition coefficient (Wildman–Crippen LogP) is 4.33. The molecule has 0 spiro atoms. The van der Waals surface area contributed by atoms with E-state index in [1.807, 2.05) is 68.4 Å². The van der Waals surface area contributed by atoms with Crippen molar-refractivity contribution in [3.05, 3.63) is 89.5 Å². The molecule has 0 radical (unpaired) electrons. The highest BCUT2D eigenvalue weighted by Gasteiger charge is 2.33. The topological polar surface area (TPSA) is 105 Å². The Labute approximate surface area is 249 Å². The van der Waals surface area contributed by atoms with Gasteiger partial charge in [0.1, 0.15) is 12.6 Å². The summed E-state index contributed by atoms with van der Waals surface area (Å²) >= 11 is 0. The van der Waals surface area contributed by atoms with E-state index in [1.165, 1.54) is 25.2 Å². The third kappa shape index (κ3) is 8.72. The van der Waals surface area contributed by atoms with Gasteiger partial charge in [0.15, 0.2) is 11.5 Å². The molecule has 0 saturated carbocycles. The smallest absolute Gasteiger partial charge is 0.244 e. The number of carbonyl (C=O) groups excluding carboxylic acids is 2. The van der Waals surface area contributed by atoms with Gasteiger partial charge in [0.2, 0.25) is 21.8 Å². The van der Waals surface area contributed by atoms with Gasteiger partial charge in [-0.15, -0.1) is 0 Å². The summed E-state index contributed by atoms with van der Waals surface area (Å²) in [5.41, 5.74) is 2.95. The zero-order chi connectivity index (χ0) is 30.7. The van der Waals surface area contributed by atoms with Crippen LogP contribution in [0.3, 0.4) is 0 Å². The van der Waals surface area contributed by atoms with Crippen molar-refractivity contribution in [2.75, 3.05) is 37.9 Å². The first-order valence-corrected chi connectivity index (χ1v) is 15.8. The van der Waals surface area contributed by atoms with Gasteiger partial charge in [-0.3, -0.25) is 13.9 Å². The van der Waals surface area contributed by atoms with Crippen LogP contribution in [0.25, 0.3) is 0 Å². The van der Waals surface area contributed by atoms with E-state index in [0.29, 0.717) is 18.0 Å². The fourth-order valence-electron chi connectivity index (χ4n) is 4.62. The van der Waals surface area contributed by atoms with Crippen LogP contribution >= 0.6 is 0 Å². The number of sulfonamides is 1. The molecule has 2 amide bonds. The van der Waals surface area contributed by atoms with Crippen LogP contribution in [-0.2, 0) is 32.6 Å². The lowest BCUT2D eigenvalue weighted by molar-refractivity contribution is -0.140. The number of amides is 2. The number of methoxy groups -OCH3 is 2. The van der Waals surface area contributed by atoms with Gasteiger partial charge in [-0.2, -0.15) is 0 Å². The highest BCUT2D eigenvalue weighted by Crippen LogP contribution is 2.32. The summed E-state index contributed by atoms with van der Waals surface area (Å²) in [4.78, 5) is 29.4. The van der Waals surface area contributed by atoms with Crippen LogP contribution in [0.2, 0.25) is 0 Å². The van der Waals surface area contributed by atoms with Crippen molar-refractivity contribution in [3.63, 3.8) is 0 Å². The molecule has 3 aromatic carbocycles. The van der Waals surface area contributed by atoms with E-state index in [0.717, 1.165) is 40.1 Å². The maximum absolute atomic E-state index is 14.2. The first-order valence-electron chi connectivity index (χ1n) is 13.9. The minimum absolute atomic E-state index is 0.133. The van der Waals surface area contributed by atoms with Crippen LogP contribution in [0, 0.1) is 6.92 Å². The lowest BCUT2D eigenvalue weighted by atomic mass is 10.0. The van der Waals surface area contributed by atoms with Crippen molar-refractivity contribution in [1.29, 1.82) is 0 Å². The number of carbonyl (C=O) groups is 2. The number of anilines is 1. The standard InChI is InChI=1S/C32H41N3O6S/c1-6-7-19-33-32(37)28(20-25-14-9-8-10-15-25)34(22-26-16-12-11-13-24(26)2)31(36)23-35(42(5,38)39)27-17-18-29(40-3)30(21-27)41-4/h8-18,21,28H,6-7,19-20,22-23H2,1-5H3,(H,33,37)/t28-/m0/s1. The van der Waals surface area contributed by atoms with Crippen molar-refractivity contribution < 1.29 is 27.5 Å². The largest absolute Gasteiger partial charge is 0.493 e. The van der Waals surface area contributed by atoms with Crippen LogP contribution in [0.5, 0.6) is 11.5 Å². The molecule has 0 aromatic heterocycles. The van der Waals surface area contributed by atoms with Gasteiger partial charge in [0.25, 0.3) is 0 Å². The maximum Gasteiger partial charge on any atom is 0.244 e. The molecule has 0 heterocycles. The molecule has 0 bridgehead atoms. The van der Waals surface area contributed by atoms with Crippen molar-refractivity contribution >= 4 is 27.5 Å². The van der Waals surface area contributed by atoms with Crippen LogP contribution in [0.1, 0.15) is 36.5 Å². The highest BCUT2D eigenvalue weighted by molar-refractivity contribution is 7.92. The Kier molecular flexibility index (Phi) is 11.8. The van der Waals surface area contributed by atoms with Crippen LogP contribution in [0.15, 0.2) is 72.8 Å². The number of benzene rings is 3. The molecule has 42 heavy (non-hydrogen) atoms. The highest BCUT2D eigenvalue weighted by atomic mass is 32.2. The first kappa shape index (κ1) is 32.5. The van der Waals surface area contributed by atoms with Gasteiger partial charge in [-0.1, -0.05) is 67.9 Å². The lowest BCUT2D eigenvalue weighted by Gasteiger charge is -2.34. The summed E-state index contributed by atoms with van der Waals surface area (Å²) in [7, 11) is -0.971. The Hall–Kier alpha value is -4.05. The molecule has 0 unspecified atom stereocenters. The van der Waals surface area contributed by atoms with Gasteiger partial charge < -0.3 is 19.7 Å². The summed E-state index contributed by atoms with van der Waals surface area (Å²) in [6.45, 7) is 4.09. The molecule has 1 N–H and O–H groups in total. The normalized spacial score (nSPS) is 11.8. The molecule has 0 saturated heterocycles. The molecule has 9 nitrogen and oxygen atoms in total. The van der Waals surface area contributed by atoms with Gasteiger partial charge in [0.05, 0.1) is 26.2 Å². The van der Waals surface area contributed by atoms with Crippen LogP contribution in [0.4, 0.5) is 5.69 Å². The second-order valence-corrected chi connectivity index (χ2v) is 12.0. The number of hydrogen-bond acceptors (Lipinski definition) is 6. The second-order valence-electron chi connectivity index (χ2n) is 10.1. The summed E-state index contributed by atoms with van der Waals surface area (Å²) in [5, 5.41) is 2.99. The number of ether oxygens (including phenoxy) is 2. The Morgan fingerprint density at radius 2 is 1.60 bits per heavy atom. The quantitative estimate of drug-likeness (QED) is 0.262. The summed E-state index contributed by atoms with van der Waals surface area (Å²) in [6.07, 6.45) is 3.02. The average Bonchev–Trinajstić information content (AvgIpc) is 2.98. The SMILES string of the molecule is CCCCNC(=O)[C@H](Cc1ccccc1)N(Cc1ccccc1C)C(=O)CN(c1ccc(OC)c(OC)c1)S(C)(=O)=O. The Bertz CT molecular complexity index is 1450. The van der Waals surface area contributed by atoms with Gasteiger partial charge >= 0.3 is 0 Å². The number of hydrogen-bond donors (Lipinski definition) is 1. The molecule has 0 fully saturated rings. The Morgan fingerprint density at radius 1 is 0.929 bits per heavy atom. The van der Waals surface area contributed by atoms with Gasteiger partial charge in [-0.05, 0) is 42.2 Å². The van der Waals surface area contributed by atoms with Crippen LogP contribution in [-0.4, -0.2) is 64.7 Å². The Balaban J connectivity index is 2.07. The fourth-order valence-corrected chi connectivity index (χ4v) is 5.47. The third-order valence-electron chi connectivity index (χ3n) is 7.04. The average molecular weight is 596 g/mol. The summed E-state index contributed by atoms with van der Waals surface area (Å²) < 4.78 is 37.8. The molecule has 226 valence electrons. The fraction of sp³-hybridized carbons (Fsp3) is 0.375. The second kappa shape index (κ2) is 15.3. The first-order chi connectivity index (χ1) is 20.1. The van der Waals surface area contributed by atoms with E-state index in [2.05, 4.69) is 5.32 Å². The third-order valence-corrected chi connectivity index (χ3v) is 8.18. The number of aryl methyl sites for hydroxylation is 1. The Morgan fingerprint density at radius 3 is 2.21 bits per heavy atom. The molecule has 10 heteroatoms. The van der Waals surface area contributed by atoms with E-state index in [1.54, 1.807) is 12.1 Å². The zero-order valence-electron chi connectivity index (χ0n) is 25.0. The molecule has 1 atom stereocenters. The van der Waals surface area contributed by atoms with Crippen LogP contribution < -0.4 is 19.1 Å². The van der Waals surface area contributed by atoms with Crippen molar-refractivity contribution in [1.82, 2.24) is 10.2 Å². The van der Waals surface area contributed by atoms with E-state index >= 15 is 0 Å². The number of rotatable bonds is 15. The minimum atomic E-state index is -3.91. The molecule has 3 aromatic rings. The molecule has 0 aliphatic rings. The van der Waals surface area contributed by atoms with E-state index in [4.69, 9.17) is 9.47 Å². The van der Waals surface area contributed by atoms with E-state index < -0.39 is 28.5 Å². The monoisotopic (exact) mass is 595 g/mol. The molecular weight excluding hydrogens is 554 g/mol. The number of unbranched alkanes of at least 4 members (excludes halogenated alkanes) is 1. The van der Waals surface area contributed by atoms with E-state index in [-0.39, 0.29) is 24.6 Å². The molecular formula is C32H41N3O6S. The zero-order valence-corrected chi connectivity index (χ0v) is 25.8. The minimum Gasteiger partial charge on any atom is -0.493 e. The summed E-state index contributed by atoms with van der Waals surface area (Å²) in [6, 6.07) is 20.9. The predicted molar refractivity (Wildman–Crippen MR) is 165 cm³/mol. The number of nitrogens with one attached hydrogen (secondary N) is 1. The van der Waals surface area contributed by atoms with Gasteiger partial charge in [0, 0.05) is 25.6 Å². The molecule has 0 aliphatic heterocycles. The number of nitrogens with zero attached hydrogens (tertiary/aromatic N) is 2. The van der Waals surface area contributed by atoms with Crippen molar-refractivity contribution in [3.8, 4) is 11.5 Å². The van der Waals surface area contributed by atoms with Gasteiger partial charge in [-0.25, -0.2) is 8.42 Å². The molecule has 3 rings (SSSR count). The van der Waals surface area contributed by atoms with Crippen molar-refractivity contribution in [2.45, 2.75) is 45.7 Å². The maximum atomic E-state index is 14.2. The van der Waals surface area contributed by atoms with E-state index in [9.17, 15) is 18.0 Å². The summed E-state index contributed by atoms with van der Waals surface area (Å²) in [5.74, 6) is -0.0460.